The van der Waals surface area contributed by atoms with Gasteiger partial charge in [-0.1, -0.05) is 37.3 Å². The predicted molar refractivity (Wildman–Crippen MR) is 81.1 cm³/mol. The van der Waals surface area contributed by atoms with E-state index in [0.29, 0.717) is 6.54 Å². The Kier molecular flexibility index (Phi) is 5.36. The predicted octanol–water partition coefficient (Wildman–Crippen LogP) is 2.71. The molecular weight excluding hydrogens is 250 g/mol. The van der Waals surface area contributed by atoms with Crippen molar-refractivity contribution in [2.75, 3.05) is 19.7 Å². The van der Waals surface area contributed by atoms with Crippen molar-refractivity contribution in [1.29, 1.82) is 0 Å². The highest BCUT2D eigenvalue weighted by Gasteiger charge is 2.22. The fourth-order valence-electron chi connectivity index (χ4n) is 2.70. The highest BCUT2D eigenvalue weighted by atomic mass is 16.3. The molecule has 0 radical (unpaired) electrons. The molecule has 1 aromatic rings. The summed E-state index contributed by atoms with van der Waals surface area (Å²) in [5.74, 6) is 0.312. The van der Waals surface area contributed by atoms with Gasteiger partial charge in [0.2, 0.25) is 5.91 Å². The minimum Gasteiger partial charge on any atom is -0.396 e. The van der Waals surface area contributed by atoms with Gasteiger partial charge in [-0.05, 0) is 36.3 Å². The molecule has 1 unspecified atom stereocenters. The lowest BCUT2D eigenvalue weighted by Gasteiger charge is -2.31. The summed E-state index contributed by atoms with van der Waals surface area (Å²) in [7, 11) is 0. The van der Waals surface area contributed by atoms with Crippen LogP contribution in [0.1, 0.15) is 31.7 Å². The quantitative estimate of drug-likeness (QED) is 0.857. The number of allylic oxidation sites excluding steroid dienone is 1. The molecule has 0 saturated carbocycles. The molecule has 1 saturated heterocycles. The van der Waals surface area contributed by atoms with Crippen LogP contribution in [0, 0.1) is 5.92 Å². The maximum atomic E-state index is 12.4. The number of carbonyl (C=O) groups is 1. The number of piperidine rings is 1. The normalized spacial score (nSPS) is 20.0. The van der Waals surface area contributed by atoms with Crippen molar-refractivity contribution in [3.8, 4) is 0 Å². The first kappa shape index (κ1) is 14.8. The first-order valence-corrected chi connectivity index (χ1v) is 7.40. The second-order valence-corrected chi connectivity index (χ2v) is 5.36. The van der Waals surface area contributed by atoms with Gasteiger partial charge < -0.3 is 10.0 Å². The number of hydrogen-bond donors (Lipinski definition) is 1. The number of rotatable bonds is 4. The number of nitrogens with zero attached hydrogens (tertiary/aromatic N) is 1. The monoisotopic (exact) mass is 273 g/mol. The van der Waals surface area contributed by atoms with Gasteiger partial charge in [0.25, 0.3) is 0 Å². The molecule has 0 spiro atoms. The summed E-state index contributed by atoms with van der Waals surface area (Å²) in [6.45, 7) is 3.72. The summed E-state index contributed by atoms with van der Waals surface area (Å²) >= 11 is 0. The lowest BCUT2D eigenvalue weighted by Crippen LogP contribution is -2.40. The molecule has 1 amide bonds. The van der Waals surface area contributed by atoms with Crippen LogP contribution in [0.25, 0.3) is 5.57 Å². The number of amides is 1. The Morgan fingerprint density at radius 1 is 1.40 bits per heavy atom. The molecule has 20 heavy (non-hydrogen) atoms. The Morgan fingerprint density at radius 3 is 2.80 bits per heavy atom. The number of aliphatic hydroxyl groups excluding tert-OH is 1. The Hall–Kier alpha value is -1.61. The van der Waals surface area contributed by atoms with Crippen LogP contribution in [0.4, 0.5) is 0 Å². The van der Waals surface area contributed by atoms with E-state index in [1.807, 2.05) is 35.2 Å². The van der Waals surface area contributed by atoms with Crippen LogP contribution in [0.5, 0.6) is 0 Å². The van der Waals surface area contributed by atoms with E-state index in [9.17, 15) is 9.90 Å². The Labute approximate surface area is 120 Å². The molecule has 1 atom stereocenters. The van der Waals surface area contributed by atoms with Gasteiger partial charge in [-0.25, -0.2) is 0 Å². The van der Waals surface area contributed by atoms with Crippen LogP contribution in [-0.4, -0.2) is 35.6 Å². The van der Waals surface area contributed by atoms with Gasteiger partial charge in [-0.15, -0.1) is 0 Å². The van der Waals surface area contributed by atoms with Crippen LogP contribution in [0.2, 0.25) is 0 Å². The number of benzene rings is 1. The minimum atomic E-state index is 0.0730. The first-order chi connectivity index (χ1) is 9.74. The van der Waals surface area contributed by atoms with Gasteiger partial charge in [0.1, 0.15) is 0 Å². The van der Waals surface area contributed by atoms with Crippen molar-refractivity contribution < 1.29 is 9.90 Å². The van der Waals surface area contributed by atoms with Crippen molar-refractivity contribution in [2.24, 2.45) is 5.92 Å². The zero-order valence-corrected chi connectivity index (χ0v) is 12.1. The third-order valence-electron chi connectivity index (χ3n) is 3.91. The van der Waals surface area contributed by atoms with E-state index in [1.165, 1.54) is 0 Å². The van der Waals surface area contributed by atoms with Crippen LogP contribution in [0.3, 0.4) is 0 Å². The Balaban J connectivity index is 2.09. The van der Waals surface area contributed by atoms with E-state index in [2.05, 4.69) is 6.92 Å². The van der Waals surface area contributed by atoms with E-state index in [-0.39, 0.29) is 18.4 Å². The first-order valence-electron chi connectivity index (χ1n) is 7.40. The Morgan fingerprint density at radius 2 is 2.15 bits per heavy atom. The average Bonchev–Trinajstić information content (AvgIpc) is 2.53. The number of hydrogen-bond acceptors (Lipinski definition) is 2. The van der Waals surface area contributed by atoms with Gasteiger partial charge in [0.15, 0.2) is 0 Å². The maximum absolute atomic E-state index is 12.4. The van der Waals surface area contributed by atoms with Crippen LogP contribution >= 0.6 is 0 Å². The molecule has 1 aliphatic rings. The number of carbonyl (C=O) groups excluding carboxylic acids is 1. The molecule has 1 aliphatic heterocycles. The molecule has 0 aromatic heterocycles. The van der Waals surface area contributed by atoms with Crippen molar-refractivity contribution in [3.63, 3.8) is 0 Å². The molecule has 2 rings (SSSR count). The number of likely N-dealkylation sites (tertiary alicyclic amines) is 1. The second kappa shape index (κ2) is 7.25. The van der Waals surface area contributed by atoms with E-state index >= 15 is 0 Å². The molecule has 3 heteroatoms. The lowest BCUT2D eigenvalue weighted by atomic mass is 9.98. The van der Waals surface area contributed by atoms with Crippen LogP contribution < -0.4 is 0 Å². The molecular formula is C17H23NO2. The zero-order chi connectivity index (χ0) is 14.4. The third kappa shape index (κ3) is 3.70. The van der Waals surface area contributed by atoms with Gasteiger partial charge in [-0.2, -0.15) is 0 Å². The Bertz CT molecular complexity index is 467. The smallest absolute Gasteiger partial charge is 0.246 e. The molecule has 0 aliphatic carbocycles. The van der Waals surface area contributed by atoms with Gasteiger partial charge in [0, 0.05) is 25.8 Å². The van der Waals surface area contributed by atoms with E-state index < -0.39 is 0 Å². The topological polar surface area (TPSA) is 40.5 Å². The van der Waals surface area contributed by atoms with Gasteiger partial charge in [0.05, 0.1) is 0 Å². The summed E-state index contributed by atoms with van der Waals surface area (Å²) in [4.78, 5) is 14.2. The molecule has 1 aromatic carbocycles. The second-order valence-electron chi connectivity index (χ2n) is 5.36. The highest BCUT2D eigenvalue weighted by molar-refractivity contribution is 5.95. The van der Waals surface area contributed by atoms with Crippen LogP contribution in [-0.2, 0) is 4.79 Å². The molecule has 108 valence electrons. The molecule has 1 heterocycles. The summed E-state index contributed by atoms with van der Waals surface area (Å²) in [5.41, 5.74) is 2.18. The summed E-state index contributed by atoms with van der Waals surface area (Å²) in [6, 6.07) is 10.0. The highest BCUT2D eigenvalue weighted by Crippen LogP contribution is 2.20. The van der Waals surface area contributed by atoms with E-state index in [4.69, 9.17) is 0 Å². The van der Waals surface area contributed by atoms with E-state index in [0.717, 1.165) is 36.9 Å². The molecule has 1 N–H and O–H groups in total. The molecule has 3 nitrogen and oxygen atoms in total. The van der Waals surface area contributed by atoms with Gasteiger partial charge >= 0.3 is 0 Å². The number of aliphatic hydroxyl groups is 1. The maximum Gasteiger partial charge on any atom is 0.246 e. The minimum absolute atomic E-state index is 0.0730. The van der Waals surface area contributed by atoms with E-state index in [1.54, 1.807) is 6.08 Å². The molecule has 0 bridgehead atoms. The van der Waals surface area contributed by atoms with Crippen molar-refractivity contribution in [3.05, 3.63) is 42.0 Å². The summed E-state index contributed by atoms with van der Waals surface area (Å²) in [6.07, 6.45) is 4.60. The van der Waals surface area contributed by atoms with Gasteiger partial charge in [-0.3, -0.25) is 4.79 Å². The zero-order valence-electron chi connectivity index (χ0n) is 12.1. The van der Waals surface area contributed by atoms with Crippen molar-refractivity contribution >= 4 is 11.5 Å². The summed E-state index contributed by atoms with van der Waals surface area (Å²) < 4.78 is 0. The summed E-state index contributed by atoms with van der Waals surface area (Å²) in [5, 5.41) is 9.24. The fraction of sp³-hybridized carbons (Fsp3) is 0.471. The lowest BCUT2D eigenvalue weighted by molar-refractivity contribution is -0.128. The third-order valence-corrected chi connectivity index (χ3v) is 3.91. The standard InChI is InChI=1S/C17H23NO2/c1-2-15(16-8-4-3-5-9-16)11-17(20)18-10-6-7-14(12-18)13-19/h3-5,8-9,11,14,19H,2,6-7,10,12-13H2,1H3/b15-11+. The fourth-order valence-corrected chi connectivity index (χ4v) is 2.70. The average molecular weight is 273 g/mol. The van der Waals surface area contributed by atoms with Crippen molar-refractivity contribution in [2.45, 2.75) is 26.2 Å². The molecule has 1 fully saturated rings. The SMILES string of the molecule is CC/C(=C\C(=O)N1CCCC(CO)C1)c1ccccc1. The largest absolute Gasteiger partial charge is 0.396 e. The van der Waals surface area contributed by atoms with Crippen molar-refractivity contribution in [1.82, 2.24) is 4.90 Å². The van der Waals surface area contributed by atoms with Crippen LogP contribution in [0.15, 0.2) is 36.4 Å².